The zero-order valence-corrected chi connectivity index (χ0v) is 18.1. The molecule has 0 saturated heterocycles. The van der Waals surface area contributed by atoms with Crippen molar-refractivity contribution in [2.75, 3.05) is 11.1 Å². The predicted octanol–water partition coefficient (Wildman–Crippen LogP) is 5.87. The van der Waals surface area contributed by atoms with Crippen molar-refractivity contribution in [3.8, 4) is 17.3 Å². The van der Waals surface area contributed by atoms with E-state index >= 15 is 0 Å². The van der Waals surface area contributed by atoms with E-state index in [4.69, 9.17) is 27.6 Å². The van der Waals surface area contributed by atoms with Crippen LogP contribution in [0.3, 0.4) is 0 Å². The van der Waals surface area contributed by atoms with Crippen molar-refractivity contribution in [3.63, 3.8) is 0 Å². The van der Waals surface area contributed by atoms with E-state index in [9.17, 15) is 4.79 Å². The van der Waals surface area contributed by atoms with E-state index in [0.717, 1.165) is 11.3 Å². The average molecular weight is 459 g/mol. The molecule has 0 aliphatic heterocycles. The molecule has 4 rings (SSSR count). The van der Waals surface area contributed by atoms with E-state index in [0.29, 0.717) is 32.5 Å². The molecule has 0 aliphatic carbocycles. The molecule has 0 atom stereocenters. The second-order valence-corrected chi connectivity index (χ2v) is 8.13. The van der Waals surface area contributed by atoms with Gasteiger partial charge in [0, 0.05) is 21.4 Å². The van der Waals surface area contributed by atoms with Crippen LogP contribution in [0.2, 0.25) is 10.0 Å². The molecule has 0 saturated carbocycles. The molecule has 1 N–H and O–H groups in total. The van der Waals surface area contributed by atoms with Crippen molar-refractivity contribution in [1.82, 2.24) is 14.8 Å². The first-order chi connectivity index (χ1) is 14.5. The van der Waals surface area contributed by atoms with Crippen LogP contribution < -0.4 is 5.32 Å². The van der Waals surface area contributed by atoms with Crippen LogP contribution >= 0.6 is 35.0 Å². The lowest BCUT2D eigenvalue weighted by Gasteiger charge is -2.11. The molecule has 9 heteroatoms. The summed E-state index contributed by atoms with van der Waals surface area (Å²) in [5.41, 5.74) is 2.31. The number of thioether (sulfide) groups is 1. The molecule has 2 heterocycles. The summed E-state index contributed by atoms with van der Waals surface area (Å²) in [4.78, 5) is 12.5. The summed E-state index contributed by atoms with van der Waals surface area (Å²) in [6, 6.07) is 16.3. The number of aromatic nitrogens is 3. The van der Waals surface area contributed by atoms with Crippen molar-refractivity contribution < 1.29 is 9.21 Å². The Kier molecular flexibility index (Phi) is 6.13. The van der Waals surface area contributed by atoms with Crippen LogP contribution in [0.4, 0.5) is 5.69 Å². The van der Waals surface area contributed by atoms with Crippen LogP contribution in [0.25, 0.3) is 17.3 Å². The van der Waals surface area contributed by atoms with E-state index < -0.39 is 0 Å². The minimum atomic E-state index is -0.171. The number of amides is 1. The molecule has 152 valence electrons. The molecule has 2 aromatic heterocycles. The first kappa shape index (κ1) is 20.5. The van der Waals surface area contributed by atoms with Crippen LogP contribution in [0, 0.1) is 6.92 Å². The Morgan fingerprint density at radius 2 is 1.90 bits per heavy atom. The molecule has 0 fully saturated rings. The largest absolute Gasteiger partial charge is 0.461 e. The topological polar surface area (TPSA) is 73.0 Å². The highest BCUT2D eigenvalue weighted by Crippen LogP contribution is 2.29. The molecule has 0 unspecified atom stereocenters. The number of nitrogens with zero attached hydrogens (tertiary/aromatic N) is 3. The molecule has 6 nitrogen and oxygen atoms in total. The van der Waals surface area contributed by atoms with Crippen molar-refractivity contribution in [2.24, 2.45) is 0 Å². The van der Waals surface area contributed by atoms with Crippen molar-refractivity contribution in [1.29, 1.82) is 0 Å². The summed E-state index contributed by atoms with van der Waals surface area (Å²) in [5, 5.41) is 13.2. The fourth-order valence-corrected chi connectivity index (χ4v) is 3.86. The second kappa shape index (κ2) is 8.95. The van der Waals surface area contributed by atoms with Gasteiger partial charge in [-0.3, -0.25) is 9.36 Å². The number of nitrogens with one attached hydrogen (secondary N) is 1. The average Bonchev–Trinajstić information content (AvgIpc) is 3.40. The van der Waals surface area contributed by atoms with Crippen molar-refractivity contribution in [3.05, 3.63) is 76.5 Å². The van der Waals surface area contributed by atoms with Crippen molar-refractivity contribution in [2.45, 2.75) is 12.1 Å². The van der Waals surface area contributed by atoms with Gasteiger partial charge in [0.15, 0.2) is 10.9 Å². The summed E-state index contributed by atoms with van der Waals surface area (Å²) in [6.45, 7) is 1.86. The highest BCUT2D eigenvalue weighted by atomic mass is 35.5. The molecule has 0 bridgehead atoms. The van der Waals surface area contributed by atoms with Gasteiger partial charge >= 0.3 is 0 Å². The quantitative estimate of drug-likeness (QED) is 0.365. The molecule has 0 aliphatic rings. The Morgan fingerprint density at radius 3 is 2.63 bits per heavy atom. The fourth-order valence-electron chi connectivity index (χ4n) is 2.81. The SMILES string of the molecule is Cc1c(Cl)cccc1NC(=O)CSc1nnc(-c2ccco2)n1-c1ccc(Cl)cc1. The van der Waals surface area contributed by atoms with Gasteiger partial charge in [0.2, 0.25) is 11.7 Å². The minimum absolute atomic E-state index is 0.149. The van der Waals surface area contributed by atoms with Gasteiger partial charge in [-0.15, -0.1) is 10.2 Å². The Balaban J connectivity index is 1.57. The maximum atomic E-state index is 12.5. The maximum absolute atomic E-state index is 12.5. The van der Waals surface area contributed by atoms with Crippen LogP contribution in [0.1, 0.15) is 5.56 Å². The van der Waals surface area contributed by atoms with Gasteiger partial charge in [0.05, 0.1) is 12.0 Å². The number of furan rings is 1. The molecule has 0 spiro atoms. The first-order valence-corrected chi connectivity index (χ1v) is 10.7. The third kappa shape index (κ3) is 4.38. The van der Waals surface area contributed by atoms with Gasteiger partial charge in [0.25, 0.3) is 0 Å². The summed E-state index contributed by atoms with van der Waals surface area (Å²) >= 11 is 13.4. The molecule has 4 aromatic rings. The number of halogens is 2. The predicted molar refractivity (Wildman–Crippen MR) is 120 cm³/mol. The van der Waals surface area contributed by atoms with Crippen LogP contribution in [0.5, 0.6) is 0 Å². The number of carbonyl (C=O) groups is 1. The van der Waals surface area contributed by atoms with Gasteiger partial charge in [-0.05, 0) is 61.0 Å². The van der Waals surface area contributed by atoms with E-state index in [1.807, 2.05) is 29.7 Å². The summed E-state index contributed by atoms with van der Waals surface area (Å²) in [6.07, 6.45) is 1.57. The third-order valence-electron chi connectivity index (χ3n) is 4.33. The van der Waals surface area contributed by atoms with Gasteiger partial charge < -0.3 is 9.73 Å². The third-order valence-corrected chi connectivity index (χ3v) is 5.92. The van der Waals surface area contributed by atoms with Crippen LogP contribution in [0.15, 0.2) is 70.4 Å². The number of hydrogen-bond acceptors (Lipinski definition) is 5. The van der Waals surface area contributed by atoms with E-state index in [1.54, 1.807) is 42.7 Å². The minimum Gasteiger partial charge on any atom is -0.461 e. The van der Waals surface area contributed by atoms with E-state index in [2.05, 4.69) is 15.5 Å². The number of rotatable bonds is 6. The number of anilines is 1. The van der Waals surface area contributed by atoms with Crippen LogP contribution in [-0.4, -0.2) is 26.4 Å². The monoisotopic (exact) mass is 458 g/mol. The molecule has 30 heavy (non-hydrogen) atoms. The zero-order chi connectivity index (χ0) is 21.1. The standard InChI is InChI=1S/C21H16Cl2N4O2S/c1-13-16(23)4-2-5-17(13)24-19(28)12-30-21-26-25-20(18-6-3-11-29-18)27(21)15-9-7-14(22)8-10-15/h2-11H,12H2,1H3,(H,24,28). The Bertz CT molecular complexity index is 1170. The summed E-state index contributed by atoms with van der Waals surface area (Å²) < 4.78 is 7.33. The molecule has 0 radical (unpaired) electrons. The zero-order valence-electron chi connectivity index (χ0n) is 15.8. The lowest BCUT2D eigenvalue weighted by Crippen LogP contribution is -2.15. The Morgan fingerprint density at radius 1 is 1.10 bits per heavy atom. The Labute approximate surface area is 187 Å². The smallest absolute Gasteiger partial charge is 0.234 e. The normalized spacial score (nSPS) is 10.9. The number of carbonyl (C=O) groups excluding carboxylic acids is 1. The summed E-state index contributed by atoms with van der Waals surface area (Å²) in [7, 11) is 0. The lowest BCUT2D eigenvalue weighted by atomic mass is 10.2. The van der Waals surface area contributed by atoms with Gasteiger partial charge in [-0.25, -0.2) is 0 Å². The van der Waals surface area contributed by atoms with Crippen molar-refractivity contribution >= 4 is 46.6 Å². The molecular formula is C21H16Cl2N4O2S. The van der Waals surface area contributed by atoms with E-state index in [-0.39, 0.29) is 11.7 Å². The maximum Gasteiger partial charge on any atom is 0.234 e. The van der Waals surface area contributed by atoms with Gasteiger partial charge in [-0.1, -0.05) is 41.0 Å². The van der Waals surface area contributed by atoms with Crippen LogP contribution in [-0.2, 0) is 4.79 Å². The van der Waals surface area contributed by atoms with Gasteiger partial charge in [-0.2, -0.15) is 0 Å². The molecule has 1 amide bonds. The highest BCUT2D eigenvalue weighted by Gasteiger charge is 2.19. The molecule has 2 aromatic carbocycles. The first-order valence-electron chi connectivity index (χ1n) is 8.96. The fraction of sp³-hybridized carbons (Fsp3) is 0.0952. The van der Waals surface area contributed by atoms with E-state index in [1.165, 1.54) is 11.8 Å². The second-order valence-electron chi connectivity index (χ2n) is 6.34. The van der Waals surface area contributed by atoms with Gasteiger partial charge in [0.1, 0.15) is 0 Å². The number of hydrogen-bond donors (Lipinski definition) is 1. The highest BCUT2D eigenvalue weighted by molar-refractivity contribution is 7.99. The molecular weight excluding hydrogens is 443 g/mol. The summed E-state index contributed by atoms with van der Waals surface area (Å²) in [5.74, 6) is 1.09. The number of benzene rings is 2. The lowest BCUT2D eigenvalue weighted by molar-refractivity contribution is -0.113. The Hall–Kier alpha value is -2.74.